The Kier molecular flexibility index (Phi) is 1.81. The van der Waals surface area contributed by atoms with E-state index in [0.717, 1.165) is 5.56 Å². The van der Waals surface area contributed by atoms with Crippen LogP contribution in [0.4, 0.5) is 6.01 Å². The summed E-state index contributed by atoms with van der Waals surface area (Å²) in [5, 5.41) is 9.43. The van der Waals surface area contributed by atoms with Gasteiger partial charge in [0, 0.05) is 10.3 Å². The van der Waals surface area contributed by atoms with Gasteiger partial charge in [0.2, 0.25) is 0 Å². The molecule has 0 atom stereocenters. The summed E-state index contributed by atoms with van der Waals surface area (Å²) in [5.74, 6) is 0.499. The maximum Gasteiger partial charge on any atom is 0.313 e. The Labute approximate surface area is 79.4 Å². The summed E-state index contributed by atoms with van der Waals surface area (Å²) in [6.45, 7) is 4.09. The van der Waals surface area contributed by atoms with Crippen LogP contribution in [0.3, 0.4) is 0 Å². The van der Waals surface area contributed by atoms with Gasteiger partial charge in [-0.3, -0.25) is 0 Å². The van der Waals surface area contributed by atoms with Crippen LogP contribution < -0.4 is 5.73 Å². The third-order valence-electron chi connectivity index (χ3n) is 1.96. The fraction of sp³-hybridized carbons (Fsp3) is 0.250. The molecule has 0 aliphatic carbocycles. The van der Waals surface area contributed by atoms with E-state index in [1.54, 1.807) is 11.3 Å². The molecule has 0 aliphatic rings. The lowest BCUT2D eigenvalue weighted by molar-refractivity contribution is 0.590. The second kappa shape index (κ2) is 2.85. The third-order valence-corrected chi connectivity index (χ3v) is 2.97. The van der Waals surface area contributed by atoms with Gasteiger partial charge in [0.05, 0.1) is 5.56 Å². The predicted molar refractivity (Wildman–Crippen MR) is 51.5 cm³/mol. The predicted octanol–water partition coefficient (Wildman–Crippen LogP) is 2.00. The standard InChI is InChI=1S/C8H9N3OS/c1-4-5(2)13-3-6(4)7-10-11-8(9)12-7/h3H,1-2H3,(H2,9,11). The van der Waals surface area contributed by atoms with E-state index in [9.17, 15) is 0 Å². The first-order chi connectivity index (χ1) is 6.18. The minimum atomic E-state index is 0.109. The minimum absolute atomic E-state index is 0.109. The molecule has 0 amide bonds. The van der Waals surface area contributed by atoms with Crippen molar-refractivity contribution in [3.05, 3.63) is 15.8 Å². The first-order valence-corrected chi connectivity index (χ1v) is 4.70. The van der Waals surface area contributed by atoms with Crippen molar-refractivity contribution in [2.75, 3.05) is 5.73 Å². The van der Waals surface area contributed by atoms with Crippen LogP contribution in [-0.2, 0) is 0 Å². The summed E-state index contributed by atoms with van der Waals surface area (Å²) in [7, 11) is 0. The van der Waals surface area contributed by atoms with Crippen LogP contribution in [0.2, 0.25) is 0 Å². The number of hydrogen-bond donors (Lipinski definition) is 1. The quantitative estimate of drug-likeness (QED) is 0.755. The lowest BCUT2D eigenvalue weighted by Gasteiger charge is -1.91. The van der Waals surface area contributed by atoms with Gasteiger partial charge in [-0.2, -0.15) is 0 Å². The molecule has 2 aromatic heterocycles. The summed E-state index contributed by atoms with van der Waals surface area (Å²) in [6, 6.07) is 0.109. The zero-order chi connectivity index (χ0) is 9.42. The zero-order valence-corrected chi connectivity index (χ0v) is 8.18. The molecule has 5 heteroatoms. The van der Waals surface area contributed by atoms with Crippen LogP contribution in [0, 0.1) is 13.8 Å². The lowest BCUT2D eigenvalue weighted by atomic mass is 10.2. The first-order valence-electron chi connectivity index (χ1n) is 3.82. The number of hydrogen-bond acceptors (Lipinski definition) is 5. The van der Waals surface area contributed by atoms with Crippen LogP contribution >= 0.6 is 11.3 Å². The number of nitrogen functional groups attached to an aromatic ring is 1. The Balaban J connectivity index is 2.52. The molecule has 0 saturated carbocycles. The van der Waals surface area contributed by atoms with Crippen molar-refractivity contribution in [2.24, 2.45) is 0 Å². The molecule has 0 saturated heterocycles. The fourth-order valence-corrected chi connectivity index (χ4v) is 1.93. The molecular weight excluding hydrogens is 186 g/mol. The van der Waals surface area contributed by atoms with Gasteiger partial charge in [-0.25, -0.2) is 0 Å². The SMILES string of the molecule is Cc1scc(-c2nnc(N)o2)c1C. The molecule has 4 nitrogen and oxygen atoms in total. The van der Waals surface area contributed by atoms with E-state index < -0.39 is 0 Å². The summed E-state index contributed by atoms with van der Waals surface area (Å²) >= 11 is 1.67. The van der Waals surface area contributed by atoms with Crippen LogP contribution in [0.5, 0.6) is 0 Å². The van der Waals surface area contributed by atoms with E-state index in [1.807, 2.05) is 12.3 Å². The molecule has 0 radical (unpaired) electrons. The molecule has 13 heavy (non-hydrogen) atoms. The molecule has 0 aromatic carbocycles. The number of anilines is 1. The molecule has 2 aromatic rings. The Morgan fingerprint density at radius 3 is 2.62 bits per heavy atom. The monoisotopic (exact) mass is 195 g/mol. The molecule has 68 valence electrons. The maximum absolute atomic E-state index is 5.34. The Morgan fingerprint density at radius 1 is 1.38 bits per heavy atom. The normalized spacial score (nSPS) is 10.6. The van der Waals surface area contributed by atoms with Gasteiger partial charge in [-0.15, -0.1) is 16.4 Å². The van der Waals surface area contributed by atoms with E-state index in [0.29, 0.717) is 5.89 Å². The van der Waals surface area contributed by atoms with Gasteiger partial charge in [0.25, 0.3) is 5.89 Å². The molecular formula is C8H9N3OS. The Morgan fingerprint density at radius 2 is 2.15 bits per heavy atom. The van der Waals surface area contributed by atoms with Gasteiger partial charge in [-0.1, -0.05) is 5.10 Å². The van der Waals surface area contributed by atoms with E-state index in [2.05, 4.69) is 17.1 Å². The van der Waals surface area contributed by atoms with Crippen LogP contribution in [0.15, 0.2) is 9.80 Å². The minimum Gasteiger partial charge on any atom is -0.404 e. The average Bonchev–Trinajstić information content (AvgIpc) is 2.62. The zero-order valence-electron chi connectivity index (χ0n) is 7.37. The average molecular weight is 195 g/mol. The van der Waals surface area contributed by atoms with Crippen molar-refractivity contribution >= 4 is 17.4 Å². The van der Waals surface area contributed by atoms with Crippen molar-refractivity contribution in [1.29, 1.82) is 0 Å². The van der Waals surface area contributed by atoms with Gasteiger partial charge < -0.3 is 10.2 Å². The highest BCUT2D eigenvalue weighted by Crippen LogP contribution is 2.29. The molecule has 2 heterocycles. The lowest BCUT2D eigenvalue weighted by Crippen LogP contribution is -1.81. The largest absolute Gasteiger partial charge is 0.404 e. The Hall–Kier alpha value is -1.36. The van der Waals surface area contributed by atoms with Gasteiger partial charge >= 0.3 is 6.01 Å². The number of nitrogens with two attached hydrogens (primary N) is 1. The van der Waals surface area contributed by atoms with Crippen molar-refractivity contribution in [3.8, 4) is 11.5 Å². The van der Waals surface area contributed by atoms with Crippen LogP contribution in [-0.4, -0.2) is 10.2 Å². The van der Waals surface area contributed by atoms with E-state index in [4.69, 9.17) is 10.2 Å². The summed E-state index contributed by atoms with van der Waals surface area (Å²) in [6.07, 6.45) is 0. The second-order valence-electron chi connectivity index (χ2n) is 2.78. The molecule has 0 fully saturated rings. The number of rotatable bonds is 1. The van der Waals surface area contributed by atoms with Gasteiger partial charge in [-0.05, 0) is 19.4 Å². The van der Waals surface area contributed by atoms with Crippen molar-refractivity contribution in [2.45, 2.75) is 13.8 Å². The summed E-state index contributed by atoms with van der Waals surface area (Å²) < 4.78 is 5.13. The van der Waals surface area contributed by atoms with Crippen LogP contribution in [0.1, 0.15) is 10.4 Å². The van der Waals surface area contributed by atoms with Crippen LogP contribution in [0.25, 0.3) is 11.5 Å². The topological polar surface area (TPSA) is 64.9 Å². The van der Waals surface area contributed by atoms with E-state index in [1.165, 1.54) is 10.4 Å². The molecule has 0 aliphatic heterocycles. The third kappa shape index (κ3) is 1.31. The van der Waals surface area contributed by atoms with Gasteiger partial charge in [0.15, 0.2) is 0 Å². The maximum atomic E-state index is 5.34. The highest BCUT2D eigenvalue weighted by atomic mass is 32.1. The number of thiophene rings is 1. The van der Waals surface area contributed by atoms with Crippen molar-refractivity contribution in [3.63, 3.8) is 0 Å². The molecule has 2 N–H and O–H groups in total. The van der Waals surface area contributed by atoms with E-state index in [-0.39, 0.29) is 6.01 Å². The van der Waals surface area contributed by atoms with Gasteiger partial charge in [0.1, 0.15) is 0 Å². The number of aromatic nitrogens is 2. The summed E-state index contributed by atoms with van der Waals surface area (Å²) in [5.41, 5.74) is 7.49. The summed E-state index contributed by atoms with van der Waals surface area (Å²) in [4.78, 5) is 1.26. The fourth-order valence-electron chi connectivity index (χ4n) is 1.07. The highest BCUT2D eigenvalue weighted by Gasteiger charge is 2.11. The first kappa shape index (κ1) is 8.25. The van der Waals surface area contributed by atoms with Crippen molar-refractivity contribution in [1.82, 2.24) is 10.2 Å². The molecule has 0 bridgehead atoms. The molecule has 0 spiro atoms. The Bertz CT molecular complexity index is 432. The number of nitrogens with zero attached hydrogens (tertiary/aromatic N) is 2. The second-order valence-corrected chi connectivity index (χ2v) is 3.86. The highest BCUT2D eigenvalue weighted by molar-refractivity contribution is 7.10. The number of aryl methyl sites for hydroxylation is 1. The molecule has 0 unspecified atom stereocenters. The van der Waals surface area contributed by atoms with Crippen molar-refractivity contribution < 1.29 is 4.42 Å². The smallest absolute Gasteiger partial charge is 0.313 e. The van der Waals surface area contributed by atoms with E-state index >= 15 is 0 Å². The molecule has 2 rings (SSSR count).